The Hall–Kier alpha value is -1.02. The molecule has 0 aliphatic heterocycles. The van der Waals surface area contributed by atoms with E-state index in [4.69, 9.17) is 0 Å². The van der Waals surface area contributed by atoms with E-state index in [-0.39, 0.29) is 5.41 Å². The predicted molar refractivity (Wildman–Crippen MR) is 52.9 cm³/mol. The van der Waals surface area contributed by atoms with Gasteiger partial charge in [0, 0.05) is 17.5 Å². The number of para-hydroxylation sites is 1. The van der Waals surface area contributed by atoms with Crippen molar-refractivity contribution in [1.82, 2.24) is 5.32 Å². The van der Waals surface area contributed by atoms with Gasteiger partial charge in [0.2, 0.25) is 0 Å². The van der Waals surface area contributed by atoms with Crippen molar-refractivity contribution in [3.05, 3.63) is 29.8 Å². The second-order valence-electron chi connectivity index (χ2n) is 3.83. The average molecular weight is 177 g/mol. The monoisotopic (exact) mass is 177 g/mol. The zero-order chi connectivity index (χ0) is 9.31. The highest BCUT2D eigenvalue weighted by Crippen LogP contribution is 2.50. The molecule has 1 aliphatic carbocycles. The second-order valence-corrected chi connectivity index (χ2v) is 3.83. The van der Waals surface area contributed by atoms with Crippen molar-refractivity contribution in [2.45, 2.75) is 18.3 Å². The van der Waals surface area contributed by atoms with Gasteiger partial charge in [-0.2, -0.15) is 0 Å². The standard InChI is InChI=1S/C11H15NO/c1-12-8-11(6-7-11)9-4-2-3-5-10(9)13/h2-5,12-13H,6-8H2,1H3. The predicted octanol–water partition coefficient (Wildman–Crippen LogP) is 1.64. The molecule has 13 heavy (non-hydrogen) atoms. The topological polar surface area (TPSA) is 32.3 Å². The summed E-state index contributed by atoms with van der Waals surface area (Å²) in [6.07, 6.45) is 2.37. The third kappa shape index (κ3) is 1.42. The van der Waals surface area contributed by atoms with Crippen LogP contribution in [0.25, 0.3) is 0 Å². The van der Waals surface area contributed by atoms with Gasteiger partial charge in [-0.25, -0.2) is 0 Å². The van der Waals surface area contributed by atoms with E-state index in [1.807, 2.05) is 25.2 Å². The summed E-state index contributed by atoms with van der Waals surface area (Å²) >= 11 is 0. The molecule has 2 rings (SSSR count). The Labute approximate surface area is 78.6 Å². The molecular weight excluding hydrogens is 162 g/mol. The lowest BCUT2D eigenvalue weighted by atomic mass is 9.95. The van der Waals surface area contributed by atoms with E-state index in [9.17, 15) is 5.11 Å². The molecule has 0 atom stereocenters. The molecule has 70 valence electrons. The van der Waals surface area contributed by atoms with Crippen LogP contribution in [-0.2, 0) is 5.41 Å². The molecule has 0 bridgehead atoms. The fourth-order valence-electron chi connectivity index (χ4n) is 1.95. The minimum absolute atomic E-state index is 0.222. The molecule has 0 radical (unpaired) electrons. The van der Waals surface area contributed by atoms with Crippen LogP contribution in [-0.4, -0.2) is 18.7 Å². The number of phenolic OH excluding ortho intramolecular Hbond substituents is 1. The number of nitrogens with one attached hydrogen (secondary N) is 1. The Kier molecular flexibility index (Phi) is 2.00. The fourth-order valence-corrected chi connectivity index (χ4v) is 1.95. The van der Waals surface area contributed by atoms with Crippen LogP contribution in [0.3, 0.4) is 0 Å². The largest absolute Gasteiger partial charge is 0.508 e. The number of hydrogen-bond donors (Lipinski definition) is 2. The first-order valence-electron chi connectivity index (χ1n) is 4.72. The molecule has 1 saturated carbocycles. The van der Waals surface area contributed by atoms with E-state index in [0.717, 1.165) is 12.1 Å². The number of phenols is 1. The average Bonchev–Trinajstić information content (AvgIpc) is 2.87. The van der Waals surface area contributed by atoms with Crippen molar-refractivity contribution >= 4 is 0 Å². The lowest BCUT2D eigenvalue weighted by Gasteiger charge is -2.15. The molecule has 0 unspecified atom stereocenters. The minimum Gasteiger partial charge on any atom is -0.508 e. The third-order valence-electron chi connectivity index (χ3n) is 2.84. The van der Waals surface area contributed by atoms with E-state index < -0.39 is 0 Å². The SMILES string of the molecule is CNCC1(c2ccccc2O)CC1. The lowest BCUT2D eigenvalue weighted by Crippen LogP contribution is -2.23. The number of benzene rings is 1. The van der Waals surface area contributed by atoms with Crippen LogP contribution in [0.15, 0.2) is 24.3 Å². The van der Waals surface area contributed by atoms with Gasteiger partial charge in [0.15, 0.2) is 0 Å². The van der Waals surface area contributed by atoms with Crippen molar-refractivity contribution in [1.29, 1.82) is 0 Å². The Morgan fingerprint density at radius 2 is 2.08 bits per heavy atom. The van der Waals surface area contributed by atoms with E-state index in [1.165, 1.54) is 12.8 Å². The molecule has 0 heterocycles. The molecule has 1 aromatic rings. The molecule has 0 saturated heterocycles. The number of aromatic hydroxyl groups is 1. The molecular formula is C11H15NO. The highest BCUT2D eigenvalue weighted by molar-refractivity contribution is 5.42. The summed E-state index contributed by atoms with van der Waals surface area (Å²) in [7, 11) is 1.96. The summed E-state index contributed by atoms with van der Waals surface area (Å²) in [5, 5.41) is 12.9. The van der Waals surface area contributed by atoms with Crippen molar-refractivity contribution < 1.29 is 5.11 Å². The Bertz CT molecular complexity index is 305. The highest BCUT2D eigenvalue weighted by Gasteiger charge is 2.44. The molecule has 2 heteroatoms. The van der Waals surface area contributed by atoms with Crippen molar-refractivity contribution in [3.8, 4) is 5.75 Å². The lowest BCUT2D eigenvalue weighted by molar-refractivity contribution is 0.456. The molecule has 0 aromatic heterocycles. The number of likely N-dealkylation sites (N-methyl/N-ethyl adjacent to an activating group) is 1. The third-order valence-corrected chi connectivity index (χ3v) is 2.84. The van der Waals surface area contributed by atoms with Gasteiger partial charge < -0.3 is 10.4 Å². The Morgan fingerprint density at radius 1 is 1.38 bits per heavy atom. The molecule has 0 spiro atoms. The molecule has 2 N–H and O–H groups in total. The van der Waals surface area contributed by atoms with Crippen LogP contribution in [0, 0.1) is 0 Å². The highest BCUT2D eigenvalue weighted by atomic mass is 16.3. The van der Waals surface area contributed by atoms with E-state index in [2.05, 4.69) is 5.32 Å². The van der Waals surface area contributed by atoms with Gasteiger partial charge in [0.25, 0.3) is 0 Å². The smallest absolute Gasteiger partial charge is 0.119 e. The summed E-state index contributed by atoms with van der Waals surface area (Å²) < 4.78 is 0. The Morgan fingerprint density at radius 3 is 2.62 bits per heavy atom. The summed E-state index contributed by atoms with van der Waals surface area (Å²) in [5.74, 6) is 0.440. The van der Waals surface area contributed by atoms with Gasteiger partial charge in [0.1, 0.15) is 5.75 Å². The quantitative estimate of drug-likeness (QED) is 0.735. The van der Waals surface area contributed by atoms with Gasteiger partial charge in [-0.15, -0.1) is 0 Å². The van der Waals surface area contributed by atoms with Crippen LogP contribution in [0.5, 0.6) is 5.75 Å². The summed E-state index contributed by atoms with van der Waals surface area (Å²) in [4.78, 5) is 0. The van der Waals surface area contributed by atoms with Crippen molar-refractivity contribution in [2.24, 2.45) is 0 Å². The molecule has 1 aliphatic rings. The number of hydrogen-bond acceptors (Lipinski definition) is 2. The molecule has 1 aromatic carbocycles. The normalized spacial score (nSPS) is 18.5. The van der Waals surface area contributed by atoms with Gasteiger partial charge in [-0.1, -0.05) is 18.2 Å². The summed E-state index contributed by atoms with van der Waals surface area (Å²) in [6, 6.07) is 7.66. The van der Waals surface area contributed by atoms with E-state index in [1.54, 1.807) is 6.07 Å². The first-order chi connectivity index (χ1) is 6.28. The van der Waals surface area contributed by atoms with Gasteiger partial charge in [-0.3, -0.25) is 0 Å². The second kappa shape index (κ2) is 3.04. The summed E-state index contributed by atoms with van der Waals surface area (Å²) in [6.45, 7) is 0.963. The molecule has 1 fully saturated rings. The zero-order valence-corrected chi connectivity index (χ0v) is 7.88. The Balaban J connectivity index is 2.30. The van der Waals surface area contributed by atoms with Crippen LogP contribution in [0.1, 0.15) is 18.4 Å². The summed E-state index contributed by atoms with van der Waals surface area (Å²) in [5.41, 5.74) is 1.32. The van der Waals surface area contributed by atoms with Crippen molar-refractivity contribution in [2.75, 3.05) is 13.6 Å². The van der Waals surface area contributed by atoms with Crippen LogP contribution in [0.2, 0.25) is 0 Å². The van der Waals surface area contributed by atoms with E-state index >= 15 is 0 Å². The zero-order valence-electron chi connectivity index (χ0n) is 7.88. The molecule has 2 nitrogen and oxygen atoms in total. The van der Waals surface area contributed by atoms with Gasteiger partial charge >= 0.3 is 0 Å². The van der Waals surface area contributed by atoms with Crippen LogP contribution >= 0.6 is 0 Å². The minimum atomic E-state index is 0.222. The maximum absolute atomic E-state index is 9.68. The fraction of sp³-hybridized carbons (Fsp3) is 0.455. The first kappa shape index (κ1) is 8.57. The maximum Gasteiger partial charge on any atom is 0.119 e. The maximum atomic E-state index is 9.68. The van der Waals surface area contributed by atoms with Crippen molar-refractivity contribution in [3.63, 3.8) is 0 Å². The van der Waals surface area contributed by atoms with Gasteiger partial charge in [0.05, 0.1) is 0 Å². The molecule has 0 amide bonds. The van der Waals surface area contributed by atoms with Crippen LogP contribution in [0.4, 0.5) is 0 Å². The first-order valence-corrected chi connectivity index (χ1v) is 4.72. The van der Waals surface area contributed by atoms with Gasteiger partial charge in [-0.05, 0) is 26.0 Å². The van der Waals surface area contributed by atoms with Crippen LogP contribution < -0.4 is 5.32 Å². The van der Waals surface area contributed by atoms with E-state index in [0.29, 0.717) is 5.75 Å². The number of rotatable bonds is 3.